The molecule has 1 aromatic carbocycles. The van der Waals surface area contributed by atoms with Crippen molar-refractivity contribution in [3.8, 4) is 0 Å². The summed E-state index contributed by atoms with van der Waals surface area (Å²) in [5.41, 5.74) is 7.47. The molecule has 0 aliphatic heterocycles. The Labute approximate surface area is 102 Å². The summed E-state index contributed by atoms with van der Waals surface area (Å²) in [6.07, 6.45) is 4.83. The lowest BCUT2D eigenvalue weighted by Crippen LogP contribution is -2.07. The van der Waals surface area contributed by atoms with Crippen molar-refractivity contribution in [2.45, 2.75) is 32.1 Å². The van der Waals surface area contributed by atoms with Gasteiger partial charge in [0.1, 0.15) is 0 Å². The highest BCUT2D eigenvalue weighted by molar-refractivity contribution is 5.69. The molecule has 0 unspecified atom stereocenters. The van der Waals surface area contributed by atoms with Crippen molar-refractivity contribution in [2.75, 3.05) is 12.3 Å². The molecule has 0 atom stereocenters. The van der Waals surface area contributed by atoms with E-state index >= 15 is 0 Å². The van der Waals surface area contributed by atoms with E-state index < -0.39 is 0 Å². The van der Waals surface area contributed by atoms with Gasteiger partial charge in [0.25, 0.3) is 0 Å². The Morgan fingerprint density at radius 2 is 2.00 bits per heavy atom. The minimum Gasteiger partial charge on any atom is -0.466 e. The van der Waals surface area contributed by atoms with Gasteiger partial charge in [-0.05, 0) is 36.5 Å². The first-order valence-electron chi connectivity index (χ1n) is 6.24. The lowest BCUT2D eigenvalue weighted by molar-refractivity contribution is -0.143. The first kappa shape index (κ1) is 12.0. The summed E-state index contributed by atoms with van der Waals surface area (Å²) in [6.45, 7) is 0.589. The smallest absolute Gasteiger partial charge is 0.306 e. The predicted molar refractivity (Wildman–Crippen MR) is 67.5 cm³/mol. The van der Waals surface area contributed by atoms with E-state index in [1.165, 1.54) is 12.8 Å². The second-order valence-corrected chi connectivity index (χ2v) is 4.69. The summed E-state index contributed by atoms with van der Waals surface area (Å²) in [5.74, 6) is 0.724. The second kappa shape index (κ2) is 5.71. The third-order valence-corrected chi connectivity index (χ3v) is 3.08. The Hall–Kier alpha value is -1.51. The number of hydrogen-bond donors (Lipinski definition) is 1. The summed E-state index contributed by atoms with van der Waals surface area (Å²) in [5, 5.41) is 0. The average Bonchev–Trinajstić information content (AvgIpc) is 3.12. The van der Waals surface area contributed by atoms with Crippen LogP contribution in [0.4, 0.5) is 5.69 Å². The molecule has 17 heavy (non-hydrogen) atoms. The molecule has 1 aliphatic carbocycles. The fourth-order valence-corrected chi connectivity index (χ4v) is 1.75. The summed E-state index contributed by atoms with van der Waals surface area (Å²) in [6, 6.07) is 7.61. The van der Waals surface area contributed by atoms with Crippen molar-refractivity contribution >= 4 is 11.7 Å². The number of carbonyl (C=O) groups is 1. The third kappa shape index (κ3) is 4.47. The molecule has 3 nitrogen and oxygen atoms in total. The maximum atomic E-state index is 11.4. The lowest BCUT2D eigenvalue weighted by Gasteiger charge is -2.04. The van der Waals surface area contributed by atoms with Crippen LogP contribution >= 0.6 is 0 Å². The monoisotopic (exact) mass is 233 g/mol. The molecule has 0 heterocycles. The van der Waals surface area contributed by atoms with Gasteiger partial charge in [-0.3, -0.25) is 4.79 Å². The zero-order valence-electron chi connectivity index (χ0n) is 10.0. The van der Waals surface area contributed by atoms with E-state index in [9.17, 15) is 4.79 Å². The molecule has 3 heteroatoms. The molecule has 92 valence electrons. The van der Waals surface area contributed by atoms with Crippen LogP contribution in [0.5, 0.6) is 0 Å². The summed E-state index contributed by atoms with van der Waals surface area (Å²) in [7, 11) is 0. The second-order valence-electron chi connectivity index (χ2n) is 4.69. The summed E-state index contributed by atoms with van der Waals surface area (Å²) >= 11 is 0. The van der Waals surface area contributed by atoms with Crippen molar-refractivity contribution in [2.24, 2.45) is 5.92 Å². The topological polar surface area (TPSA) is 52.3 Å². The van der Waals surface area contributed by atoms with Crippen LogP contribution in [0.3, 0.4) is 0 Å². The molecule has 1 aliphatic rings. The van der Waals surface area contributed by atoms with Gasteiger partial charge in [0, 0.05) is 12.1 Å². The van der Waals surface area contributed by atoms with Gasteiger partial charge in [0.05, 0.1) is 6.61 Å². The Balaban J connectivity index is 1.62. The Morgan fingerprint density at radius 3 is 2.65 bits per heavy atom. The van der Waals surface area contributed by atoms with Crippen LogP contribution in [-0.2, 0) is 16.0 Å². The number of nitrogen functional groups attached to an aromatic ring is 1. The fourth-order valence-electron chi connectivity index (χ4n) is 1.75. The van der Waals surface area contributed by atoms with Crippen LogP contribution in [0.2, 0.25) is 0 Å². The molecule has 0 spiro atoms. The Morgan fingerprint density at radius 1 is 1.29 bits per heavy atom. The maximum absolute atomic E-state index is 11.4. The first-order valence-corrected chi connectivity index (χ1v) is 6.24. The number of anilines is 1. The number of ether oxygens (including phenoxy) is 1. The van der Waals surface area contributed by atoms with E-state index in [1.54, 1.807) is 0 Å². The van der Waals surface area contributed by atoms with Crippen LogP contribution in [0, 0.1) is 5.92 Å². The lowest BCUT2D eigenvalue weighted by atomic mass is 10.1. The molecule has 2 rings (SSSR count). The van der Waals surface area contributed by atoms with E-state index in [-0.39, 0.29) is 5.97 Å². The molecule has 1 saturated carbocycles. The molecular weight excluding hydrogens is 214 g/mol. The molecule has 0 saturated heterocycles. The van der Waals surface area contributed by atoms with Gasteiger partial charge in [-0.1, -0.05) is 25.0 Å². The standard InChI is InChI=1S/C14H19NO2/c15-13-6-3-11(4-7-13)5-8-14(16)17-10-9-12-1-2-12/h3-4,6-7,12H,1-2,5,8-10,15H2. The molecule has 1 fully saturated rings. The number of esters is 1. The predicted octanol–water partition coefficient (Wildman–Crippen LogP) is 2.54. The van der Waals surface area contributed by atoms with Gasteiger partial charge >= 0.3 is 5.97 Å². The summed E-state index contributed by atoms with van der Waals surface area (Å²) in [4.78, 5) is 11.4. The molecule has 0 radical (unpaired) electrons. The molecule has 0 bridgehead atoms. The van der Waals surface area contributed by atoms with Gasteiger partial charge in [0.15, 0.2) is 0 Å². The van der Waals surface area contributed by atoms with E-state index in [2.05, 4.69) is 0 Å². The quantitative estimate of drug-likeness (QED) is 0.607. The van der Waals surface area contributed by atoms with Crippen molar-refractivity contribution in [3.63, 3.8) is 0 Å². The van der Waals surface area contributed by atoms with E-state index in [0.29, 0.717) is 13.0 Å². The number of benzene rings is 1. The Kier molecular flexibility index (Phi) is 4.02. The number of carbonyl (C=O) groups excluding carboxylic acids is 1. The molecule has 1 aromatic rings. The highest BCUT2D eigenvalue weighted by Crippen LogP contribution is 2.32. The average molecular weight is 233 g/mol. The SMILES string of the molecule is Nc1ccc(CCC(=O)OCCC2CC2)cc1. The molecular formula is C14H19NO2. The zero-order valence-corrected chi connectivity index (χ0v) is 10.0. The maximum Gasteiger partial charge on any atom is 0.306 e. The number of nitrogens with two attached hydrogens (primary N) is 1. The van der Waals surface area contributed by atoms with Crippen LogP contribution in [0.1, 0.15) is 31.2 Å². The normalized spacial score (nSPS) is 14.6. The van der Waals surface area contributed by atoms with Gasteiger partial charge < -0.3 is 10.5 Å². The molecule has 0 aromatic heterocycles. The third-order valence-electron chi connectivity index (χ3n) is 3.08. The van der Waals surface area contributed by atoms with E-state index in [1.807, 2.05) is 24.3 Å². The van der Waals surface area contributed by atoms with Crippen molar-refractivity contribution in [3.05, 3.63) is 29.8 Å². The number of rotatable bonds is 6. The van der Waals surface area contributed by atoms with Crippen LogP contribution in [0.15, 0.2) is 24.3 Å². The Bertz CT molecular complexity index is 368. The molecule has 0 amide bonds. The van der Waals surface area contributed by atoms with Crippen molar-refractivity contribution in [1.82, 2.24) is 0 Å². The van der Waals surface area contributed by atoms with E-state index in [0.717, 1.165) is 30.0 Å². The summed E-state index contributed by atoms with van der Waals surface area (Å²) < 4.78 is 5.17. The fraction of sp³-hybridized carbons (Fsp3) is 0.500. The van der Waals surface area contributed by atoms with Gasteiger partial charge in [-0.25, -0.2) is 0 Å². The van der Waals surface area contributed by atoms with E-state index in [4.69, 9.17) is 10.5 Å². The van der Waals surface area contributed by atoms with Gasteiger partial charge in [0.2, 0.25) is 0 Å². The van der Waals surface area contributed by atoms with Crippen molar-refractivity contribution < 1.29 is 9.53 Å². The van der Waals surface area contributed by atoms with Crippen LogP contribution < -0.4 is 5.73 Å². The zero-order chi connectivity index (χ0) is 12.1. The largest absolute Gasteiger partial charge is 0.466 e. The number of hydrogen-bond acceptors (Lipinski definition) is 3. The highest BCUT2D eigenvalue weighted by Gasteiger charge is 2.21. The van der Waals surface area contributed by atoms with Crippen LogP contribution in [-0.4, -0.2) is 12.6 Å². The minimum absolute atomic E-state index is 0.0949. The van der Waals surface area contributed by atoms with Crippen LogP contribution in [0.25, 0.3) is 0 Å². The van der Waals surface area contributed by atoms with Crippen molar-refractivity contribution in [1.29, 1.82) is 0 Å². The van der Waals surface area contributed by atoms with Gasteiger partial charge in [-0.2, -0.15) is 0 Å². The van der Waals surface area contributed by atoms with Gasteiger partial charge in [-0.15, -0.1) is 0 Å². The highest BCUT2D eigenvalue weighted by atomic mass is 16.5. The minimum atomic E-state index is -0.0949. The molecule has 2 N–H and O–H groups in total. The number of aryl methyl sites for hydroxylation is 1. The first-order chi connectivity index (χ1) is 8.24.